The van der Waals surface area contributed by atoms with Gasteiger partial charge in [0.25, 0.3) is 0 Å². The summed E-state index contributed by atoms with van der Waals surface area (Å²) in [6.45, 7) is 5.07. The summed E-state index contributed by atoms with van der Waals surface area (Å²) in [5.74, 6) is -0.462. The average molecular weight is 512 g/mol. The summed E-state index contributed by atoms with van der Waals surface area (Å²) in [7, 11) is -3.70. The molecule has 2 N–H and O–H groups in total. The van der Waals surface area contributed by atoms with Gasteiger partial charge in [-0.05, 0) is 26.0 Å². The molecule has 0 aliphatic carbocycles. The second kappa shape index (κ2) is 10.8. The lowest BCUT2D eigenvalue weighted by Gasteiger charge is -2.11. The minimum Gasteiger partial charge on any atom is -0.357 e. The first-order valence-corrected chi connectivity index (χ1v) is 10.3. The van der Waals surface area contributed by atoms with Crippen LogP contribution in [0.25, 0.3) is 0 Å². The normalized spacial score (nSPS) is 11.7. The molecule has 144 valence electrons. The summed E-state index contributed by atoms with van der Waals surface area (Å²) >= 11 is 1.56. The summed E-state index contributed by atoms with van der Waals surface area (Å²) in [5, 5.41) is 6.88. The molecular weight excluding hydrogens is 490 g/mol. The third kappa shape index (κ3) is 6.80. The van der Waals surface area contributed by atoms with Crippen LogP contribution in [0.2, 0.25) is 0 Å². The van der Waals surface area contributed by atoms with Crippen LogP contribution in [0.15, 0.2) is 40.4 Å². The first-order valence-electron chi connectivity index (χ1n) is 7.83. The number of halogens is 2. The summed E-state index contributed by atoms with van der Waals surface area (Å²) in [5.41, 5.74) is 0. The van der Waals surface area contributed by atoms with Gasteiger partial charge in [-0.2, -0.15) is 0 Å². The molecule has 0 radical (unpaired) electrons. The number of hydrogen-bond donors (Lipinski definition) is 2. The fourth-order valence-corrected chi connectivity index (χ4v) is 4.03. The van der Waals surface area contributed by atoms with Gasteiger partial charge in [-0.15, -0.1) is 35.3 Å². The number of guanidine groups is 1. The van der Waals surface area contributed by atoms with Gasteiger partial charge in [0, 0.05) is 24.2 Å². The Hall–Kier alpha value is -1.27. The summed E-state index contributed by atoms with van der Waals surface area (Å²) in [6.07, 6.45) is 1.79. The second-order valence-electron chi connectivity index (χ2n) is 5.24. The molecule has 1 aromatic carbocycles. The highest BCUT2D eigenvalue weighted by molar-refractivity contribution is 14.0. The Kier molecular flexibility index (Phi) is 9.44. The van der Waals surface area contributed by atoms with Crippen LogP contribution in [-0.4, -0.2) is 38.2 Å². The molecule has 0 aliphatic rings. The van der Waals surface area contributed by atoms with E-state index in [9.17, 15) is 12.8 Å². The van der Waals surface area contributed by atoms with E-state index in [1.165, 1.54) is 18.2 Å². The second-order valence-corrected chi connectivity index (χ2v) is 8.63. The van der Waals surface area contributed by atoms with E-state index in [-0.39, 0.29) is 41.2 Å². The molecule has 0 bridgehead atoms. The Bertz CT molecular complexity index is 840. The molecule has 2 aromatic rings. The zero-order valence-corrected chi connectivity index (χ0v) is 18.5. The minimum absolute atomic E-state index is 0. The van der Waals surface area contributed by atoms with Crippen molar-refractivity contribution in [2.75, 3.05) is 18.8 Å². The Balaban J connectivity index is 0.00000338. The summed E-state index contributed by atoms with van der Waals surface area (Å²) < 4.78 is 38.1. The van der Waals surface area contributed by atoms with Crippen LogP contribution in [0.4, 0.5) is 4.39 Å². The first kappa shape index (κ1) is 22.8. The predicted molar refractivity (Wildman–Crippen MR) is 114 cm³/mol. The number of hydrogen-bond acceptors (Lipinski definition) is 5. The van der Waals surface area contributed by atoms with Crippen LogP contribution in [0.5, 0.6) is 0 Å². The Morgan fingerprint density at radius 3 is 2.65 bits per heavy atom. The standard InChI is InChI=1S/C16H21FN4O2S2.HI/c1-3-18-16(21-11-15-20-10-12(2)24-15)19-8-9-25(22,23)14-7-5-4-6-13(14)17;/h4-7,10H,3,8-9,11H2,1-2H3,(H2,18,19,21);1H. The highest BCUT2D eigenvalue weighted by atomic mass is 127. The zero-order chi connectivity index (χ0) is 18.3. The van der Waals surface area contributed by atoms with Crippen molar-refractivity contribution in [3.05, 3.63) is 46.2 Å². The van der Waals surface area contributed by atoms with Gasteiger partial charge < -0.3 is 10.6 Å². The molecule has 0 fully saturated rings. The van der Waals surface area contributed by atoms with Crippen LogP contribution in [0.1, 0.15) is 16.8 Å². The first-order chi connectivity index (χ1) is 11.9. The van der Waals surface area contributed by atoms with Crippen molar-refractivity contribution in [1.82, 2.24) is 15.6 Å². The smallest absolute Gasteiger partial charge is 0.191 e. The molecule has 1 aromatic heterocycles. The Morgan fingerprint density at radius 1 is 1.31 bits per heavy atom. The molecule has 0 saturated carbocycles. The number of nitrogens with one attached hydrogen (secondary N) is 2. The SMILES string of the molecule is CCNC(=NCc1ncc(C)s1)NCCS(=O)(=O)c1ccccc1F.I. The van der Waals surface area contributed by atoms with Gasteiger partial charge in [-0.25, -0.2) is 22.8 Å². The molecule has 10 heteroatoms. The van der Waals surface area contributed by atoms with Crippen molar-refractivity contribution >= 4 is 51.1 Å². The van der Waals surface area contributed by atoms with Crippen molar-refractivity contribution in [3.8, 4) is 0 Å². The number of nitrogens with zero attached hydrogens (tertiary/aromatic N) is 2. The molecule has 2 rings (SSSR count). The van der Waals surface area contributed by atoms with Gasteiger partial charge in [-0.1, -0.05) is 12.1 Å². The Labute approximate surface area is 174 Å². The number of thiazole rings is 1. The molecule has 1 heterocycles. The highest BCUT2D eigenvalue weighted by Crippen LogP contribution is 2.15. The molecule has 0 saturated heterocycles. The summed E-state index contributed by atoms with van der Waals surface area (Å²) in [6, 6.07) is 5.38. The third-order valence-electron chi connectivity index (χ3n) is 3.22. The van der Waals surface area contributed by atoms with Gasteiger partial charge in [-0.3, -0.25) is 0 Å². The van der Waals surface area contributed by atoms with Gasteiger partial charge >= 0.3 is 0 Å². The van der Waals surface area contributed by atoms with E-state index in [1.807, 2.05) is 13.8 Å². The molecule has 0 amide bonds. The molecule has 26 heavy (non-hydrogen) atoms. The van der Waals surface area contributed by atoms with Crippen molar-refractivity contribution in [2.24, 2.45) is 4.99 Å². The van der Waals surface area contributed by atoms with E-state index in [0.29, 0.717) is 19.0 Å². The quantitative estimate of drug-likeness (QED) is 0.339. The van der Waals surface area contributed by atoms with Crippen LogP contribution >= 0.6 is 35.3 Å². The topological polar surface area (TPSA) is 83.4 Å². The van der Waals surface area contributed by atoms with Gasteiger partial charge in [0.2, 0.25) is 0 Å². The van der Waals surface area contributed by atoms with Gasteiger partial charge in [0.15, 0.2) is 15.8 Å². The van der Waals surface area contributed by atoms with Crippen molar-refractivity contribution in [1.29, 1.82) is 0 Å². The van der Waals surface area contributed by atoms with Gasteiger partial charge in [0.05, 0.1) is 12.3 Å². The molecule has 0 spiro atoms. The fraction of sp³-hybridized carbons (Fsp3) is 0.375. The third-order valence-corrected chi connectivity index (χ3v) is 5.86. The maximum absolute atomic E-state index is 13.7. The average Bonchev–Trinajstić information content (AvgIpc) is 2.98. The van der Waals surface area contributed by atoms with E-state index in [4.69, 9.17) is 0 Å². The highest BCUT2D eigenvalue weighted by Gasteiger charge is 2.18. The predicted octanol–water partition coefficient (Wildman–Crippen LogP) is 2.74. The maximum Gasteiger partial charge on any atom is 0.191 e. The van der Waals surface area contributed by atoms with Crippen LogP contribution in [0.3, 0.4) is 0 Å². The molecular formula is C16H22FIN4O2S2. The lowest BCUT2D eigenvalue weighted by molar-refractivity contribution is 0.566. The van der Waals surface area contributed by atoms with E-state index in [0.717, 1.165) is 16.0 Å². The van der Waals surface area contributed by atoms with Crippen LogP contribution in [0, 0.1) is 12.7 Å². The fourth-order valence-electron chi connectivity index (χ4n) is 2.07. The van der Waals surface area contributed by atoms with Gasteiger partial charge in [0.1, 0.15) is 15.7 Å². The van der Waals surface area contributed by atoms with E-state index in [1.54, 1.807) is 17.5 Å². The summed E-state index contributed by atoms with van der Waals surface area (Å²) in [4.78, 5) is 9.45. The number of benzene rings is 1. The number of aryl methyl sites for hydroxylation is 1. The minimum atomic E-state index is -3.70. The van der Waals surface area contributed by atoms with E-state index >= 15 is 0 Å². The number of sulfone groups is 1. The number of rotatable bonds is 7. The largest absolute Gasteiger partial charge is 0.357 e. The molecule has 6 nitrogen and oxygen atoms in total. The van der Waals surface area contributed by atoms with E-state index < -0.39 is 15.7 Å². The van der Waals surface area contributed by atoms with Crippen LogP contribution < -0.4 is 10.6 Å². The molecule has 0 aliphatic heterocycles. The number of aliphatic imine (C=N–C) groups is 1. The number of aromatic nitrogens is 1. The lowest BCUT2D eigenvalue weighted by Crippen LogP contribution is -2.39. The Morgan fingerprint density at radius 2 is 2.04 bits per heavy atom. The molecule has 0 atom stereocenters. The van der Waals surface area contributed by atoms with Crippen LogP contribution in [-0.2, 0) is 16.4 Å². The van der Waals surface area contributed by atoms with Crippen molar-refractivity contribution in [2.45, 2.75) is 25.3 Å². The van der Waals surface area contributed by atoms with E-state index in [2.05, 4.69) is 20.6 Å². The zero-order valence-electron chi connectivity index (χ0n) is 14.5. The molecule has 0 unspecified atom stereocenters. The van der Waals surface area contributed by atoms with Crippen molar-refractivity contribution in [3.63, 3.8) is 0 Å². The maximum atomic E-state index is 13.7. The monoisotopic (exact) mass is 512 g/mol. The lowest BCUT2D eigenvalue weighted by atomic mass is 10.3. The van der Waals surface area contributed by atoms with Crippen molar-refractivity contribution < 1.29 is 12.8 Å².